The van der Waals surface area contributed by atoms with Crippen LogP contribution in [0.15, 0.2) is 0 Å². The van der Waals surface area contributed by atoms with E-state index in [9.17, 15) is 0 Å². The van der Waals surface area contributed by atoms with Crippen LogP contribution in [0.2, 0.25) is 0 Å². The molecule has 0 heterocycles. The summed E-state index contributed by atoms with van der Waals surface area (Å²) in [5.74, 6) is 0. The molecule has 0 atom stereocenters. The molecule has 0 saturated carbocycles. The van der Waals surface area contributed by atoms with E-state index in [0.29, 0.717) is 11.8 Å². The predicted molar refractivity (Wildman–Crippen MR) is 34.5 cm³/mol. The standard InChI is InChI=1S/C2N2S.2CN.Ca/c3-1-5-2-4;2*1-2;/q;2*-1;+2. The minimum absolute atomic E-state index is 0. The first-order chi connectivity index (χ1) is 4.41. The van der Waals surface area contributed by atoms with Crippen LogP contribution in [0.25, 0.3) is 0 Å². The normalized spacial score (nSPS) is 2.60. The molecule has 0 radical (unpaired) electrons. The van der Waals surface area contributed by atoms with Gasteiger partial charge in [0.25, 0.3) is 0 Å². The SMILES string of the molecule is N#CSC#N.[C-]#N.[C-]#N.[Ca+2]. The van der Waals surface area contributed by atoms with Crippen LogP contribution in [0.4, 0.5) is 0 Å². The molecule has 0 aliphatic heterocycles. The fraction of sp³-hybridized carbons (Fsp3) is 0. The molecule has 0 spiro atoms. The molecule has 0 aliphatic rings. The van der Waals surface area contributed by atoms with Crippen LogP contribution in [0.1, 0.15) is 0 Å². The second-order valence-electron chi connectivity index (χ2n) is 0.285. The molecule has 0 bridgehead atoms. The quantitative estimate of drug-likeness (QED) is 0.304. The molecule has 0 unspecified atom stereocenters. The molecular weight excluding hydrogens is 176 g/mol. The zero-order valence-electron chi connectivity index (χ0n) is 4.90. The van der Waals surface area contributed by atoms with Crippen molar-refractivity contribution >= 4 is 49.5 Å². The van der Waals surface area contributed by atoms with E-state index in [1.165, 1.54) is 0 Å². The Morgan fingerprint density at radius 1 is 0.900 bits per heavy atom. The molecule has 0 fully saturated rings. The molecule has 0 aliphatic carbocycles. The number of hydrogen-bond acceptors (Lipinski definition) is 5. The van der Waals surface area contributed by atoms with Gasteiger partial charge in [-0.3, -0.25) is 0 Å². The Morgan fingerprint density at radius 2 is 1.10 bits per heavy atom. The number of thiocyanates is 2. The summed E-state index contributed by atoms with van der Waals surface area (Å²) in [5.41, 5.74) is 0. The van der Waals surface area contributed by atoms with Crippen molar-refractivity contribution in [1.29, 1.82) is 21.0 Å². The Labute approximate surface area is 93.7 Å². The molecule has 0 aromatic heterocycles. The van der Waals surface area contributed by atoms with Gasteiger partial charge in [0.1, 0.15) is 10.8 Å². The monoisotopic (exact) mass is 176 g/mol. The number of hydrogen-bond donors (Lipinski definition) is 0. The summed E-state index contributed by atoms with van der Waals surface area (Å²) in [6.45, 7) is 9.50. The van der Waals surface area contributed by atoms with Crippen LogP contribution in [0.3, 0.4) is 0 Å². The minimum atomic E-state index is 0. The molecule has 44 valence electrons. The van der Waals surface area contributed by atoms with Crippen molar-refractivity contribution in [2.75, 3.05) is 0 Å². The first-order valence-electron chi connectivity index (χ1n) is 1.30. The van der Waals surface area contributed by atoms with E-state index in [1.54, 1.807) is 10.8 Å². The summed E-state index contributed by atoms with van der Waals surface area (Å²) in [7, 11) is 0. The van der Waals surface area contributed by atoms with E-state index in [4.69, 9.17) is 34.2 Å². The molecule has 0 rings (SSSR count). The van der Waals surface area contributed by atoms with Crippen LogP contribution >= 0.6 is 11.8 Å². The van der Waals surface area contributed by atoms with Gasteiger partial charge in [-0.1, -0.05) is 0 Å². The zero-order valence-corrected chi connectivity index (χ0v) is 7.93. The van der Waals surface area contributed by atoms with Gasteiger partial charge in [0.05, 0.1) is 11.8 Å². The van der Waals surface area contributed by atoms with Gasteiger partial charge in [-0.25, -0.2) is 0 Å². The fourth-order valence-electron chi connectivity index (χ4n) is 0.0204. The van der Waals surface area contributed by atoms with Crippen molar-refractivity contribution in [3.63, 3.8) is 0 Å². The van der Waals surface area contributed by atoms with Gasteiger partial charge < -0.3 is 23.7 Å². The van der Waals surface area contributed by atoms with Crippen LogP contribution in [-0.4, -0.2) is 37.7 Å². The summed E-state index contributed by atoms with van der Waals surface area (Å²) < 4.78 is 0. The Balaban J connectivity index is -0.0000000315. The number of nitrogens with zero attached hydrogens (tertiary/aromatic N) is 4. The third kappa shape index (κ3) is 133. The third-order valence-corrected chi connectivity index (χ3v) is 0.274. The van der Waals surface area contributed by atoms with E-state index in [1.807, 2.05) is 0 Å². The predicted octanol–water partition coefficient (Wildman–Crippen LogP) is 0.494. The van der Waals surface area contributed by atoms with Gasteiger partial charge in [-0.05, 0) is 0 Å². The molecule has 0 amide bonds. The zero-order chi connectivity index (χ0) is 8.12. The maximum atomic E-state index is 7.56. The average Bonchev–Trinajstić information content (AvgIpc) is 1.98. The second kappa shape index (κ2) is 74.4. The molecular formula is C4CaN4S. The van der Waals surface area contributed by atoms with Crippen molar-refractivity contribution in [2.24, 2.45) is 0 Å². The van der Waals surface area contributed by atoms with Crippen molar-refractivity contribution < 1.29 is 0 Å². The first kappa shape index (κ1) is 22.7. The molecule has 6 heteroatoms. The molecule has 4 nitrogen and oxygen atoms in total. The van der Waals surface area contributed by atoms with Crippen molar-refractivity contribution in [3.05, 3.63) is 13.1 Å². The Kier molecular flexibility index (Phi) is 168. The summed E-state index contributed by atoms with van der Waals surface area (Å²) in [5, 5.41) is 30.8. The molecule has 0 N–H and O–H groups in total. The van der Waals surface area contributed by atoms with Crippen molar-refractivity contribution in [1.82, 2.24) is 0 Å². The Hall–Kier alpha value is -0.430. The van der Waals surface area contributed by atoms with Gasteiger partial charge in [0.2, 0.25) is 0 Å². The average molecular weight is 176 g/mol. The number of rotatable bonds is 0. The number of thioether (sulfide) groups is 1. The third-order valence-electron chi connectivity index (χ3n) is 0.0913. The first-order valence-corrected chi connectivity index (χ1v) is 2.12. The smallest absolute Gasteiger partial charge is 0.512 e. The van der Waals surface area contributed by atoms with Gasteiger partial charge in [0, 0.05) is 0 Å². The van der Waals surface area contributed by atoms with E-state index in [0.717, 1.165) is 0 Å². The van der Waals surface area contributed by atoms with Crippen LogP contribution < -0.4 is 0 Å². The van der Waals surface area contributed by atoms with Crippen molar-refractivity contribution in [2.45, 2.75) is 0 Å². The van der Waals surface area contributed by atoms with E-state index in [2.05, 4.69) is 0 Å². The van der Waals surface area contributed by atoms with E-state index < -0.39 is 0 Å². The van der Waals surface area contributed by atoms with Crippen LogP contribution in [0, 0.1) is 45.0 Å². The van der Waals surface area contributed by atoms with Crippen molar-refractivity contribution in [3.8, 4) is 10.8 Å². The van der Waals surface area contributed by atoms with Gasteiger partial charge in [0.15, 0.2) is 0 Å². The number of nitriles is 2. The molecule has 0 saturated heterocycles. The molecule has 0 aromatic rings. The van der Waals surface area contributed by atoms with Gasteiger partial charge in [-0.15, -0.1) is 0 Å². The maximum Gasteiger partial charge on any atom is 2.00 e. The largest absolute Gasteiger partial charge is 2.00 e. The summed E-state index contributed by atoms with van der Waals surface area (Å²) >= 11 is 0.574. The van der Waals surface area contributed by atoms with E-state index in [-0.39, 0.29) is 37.7 Å². The fourth-order valence-corrected chi connectivity index (χ4v) is 0.0612. The summed E-state index contributed by atoms with van der Waals surface area (Å²) in [6, 6.07) is 0. The van der Waals surface area contributed by atoms with Crippen LogP contribution in [-0.2, 0) is 0 Å². The topological polar surface area (TPSA) is 95.2 Å². The Morgan fingerprint density at radius 3 is 1.10 bits per heavy atom. The summed E-state index contributed by atoms with van der Waals surface area (Å²) in [6.07, 6.45) is 0. The minimum Gasteiger partial charge on any atom is -0.512 e. The molecule has 0 aromatic carbocycles. The Bertz CT molecular complexity index is 132. The van der Waals surface area contributed by atoms with E-state index >= 15 is 0 Å². The summed E-state index contributed by atoms with van der Waals surface area (Å²) in [4.78, 5) is 0. The van der Waals surface area contributed by atoms with Gasteiger partial charge >= 0.3 is 37.7 Å². The maximum absolute atomic E-state index is 7.56. The molecule has 10 heavy (non-hydrogen) atoms. The van der Waals surface area contributed by atoms with Gasteiger partial charge in [-0.2, -0.15) is 10.5 Å². The van der Waals surface area contributed by atoms with Crippen LogP contribution in [0.5, 0.6) is 0 Å². The second-order valence-corrected chi connectivity index (χ2v) is 0.854.